The van der Waals surface area contributed by atoms with Crippen LogP contribution in [0.25, 0.3) is 6.08 Å². The first-order valence-electron chi connectivity index (χ1n) is 11.7. The number of carbonyl (C=O) groups excluding carboxylic acids is 2. The van der Waals surface area contributed by atoms with Crippen molar-refractivity contribution >= 4 is 18.0 Å². The first kappa shape index (κ1) is 23.9. The summed E-state index contributed by atoms with van der Waals surface area (Å²) < 4.78 is 30.2. The quantitative estimate of drug-likeness (QED) is 0.654. The lowest BCUT2D eigenvalue weighted by molar-refractivity contribution is -0.339. The molecule has 3 aliphatic rings. The smallest absolute Gasteiger partial charge is 0.303 e. The molecule has 4 rings (SSSR count). The van der Waals surface area contributed by atoms with Gasteiger partial charge in [-0.25, -0.2) is 0 Å². The van der Waals surface area contributed by atoms with E-state index in [1.165, 1.54) is 20.3 Å². The van der Waals surface area contributed by atoms with Crippen molar-refractivity contribution in [2.45, 2.75) is 89.0 Å². The van der Waals surface area contributed by atoms with E-state index in [0.29, 0.717) is 0 Å². The van der Waals surface area contributed by atoms with Crippen LogP contribution in [0.15, 0.2) is 36.4 Å². The van der Waals surface area contributed by atoms with Gasteiger partial charge >= 0.3 is 5.97 Å². The van der Waals surface area contributed by atoms with Gasteiger partial charge in [0.1, 0.15) is 18.2 Å². The van der Waals surface area contributed by atoms with E-state index < -0.39 is 42.9 Å². The number of fused-ring (bicyclic) bond motifs is 1. The van der Waals surface area contributed by atoms with E-state index in [9.17, 15) is 9.59 Å². The molecule has 1 aromatic rings. The van der Waals surface area contributed by atoms with Crippen LogP contribution in [0, 0.1) is 0 Å². The Hall–Kier alpha value is -2.26. The molecule has 8 heteroatoms. The molecule has 0 bridgehead atoms. The lowest BCUT2D eigenvalue weighted by Gasteiger charge is -2.49. The number of esters is 1. The molecule has 180 valence electrons. The molecule has 0 spiro atoms. The summed E-state index contributed by atoms with van der Waals surface area (Å²) in [5.41, 5.74) is 1.01. The van der Waals surface area contributed by atoms with Crippen LogP contribution in [0.4, 0.5) is 0 Å². The van der Waals surface area contributed by atoms with Gasteiger partial charge in [-0.3, -0.25) is 9.59 Å². The highest BCUT2D eigenvalue weighted by molar-refractivity contribution is 5.73. The summed E-state index contributed by atoms with van der Waals surface area (Å²) in [7, 11) is 0. The Balaban J connectivity index is 1.52. The molecule has 3 fully saturated rings. The van der Waals surface area contributed by atoms with E-state index in [-0.39, 0.29) is 18.6 Å². The Kier molecular flexibility index (Phi) is 8.14. The SMILES string of the molecule is CC(=O)N[C@H]1[C@H](OC2CCCCC2)O[C@@H]2CO[C@@H](/C=C/c3ccccc3)O[C@H]2[C@@H]1OC(C)=O. The second-order valence-corrected chi connectivity index (χ2v) is 8.81. The van der Waals surface area contributed by atoms with Crippen LogP contribution >= 0.6 is 0 Å². The van der Waals surface area contributed by atoms with E-state index >= 15 is 0 Å². The first-order chi connectivity index (χ1) is 16.0. The molecular weight excluding hydrogens is 426 g/mol. The number of rotatable bonds is 6. The van der Waals surface area contributed by atoms with Crippen molar-refractivity contribution < 1.29 is 33.3 Å². The van der Waals surface area contributed by atoms with Gasteiger partial charge in [0.15, 0.2) is 18.7 Å². The minimum absolute atomic E-state index is 0.0431. The maximum Gasteiger partial charge on any atom is 0.303 e. The molecule has 8 nitrogen and oxygen atoms in total. The molecular formula is C25H33NO7. The molecule has 0 aromatic heterocycles. The van der Waals surface area contributed by atoms with Crippen molar-refractivity contribution in [2.24, 2.45) is 0 Å². The molecule has 6 atom stereocenters. The first-order valence-corrected chi connectivity index (χ1v) is 11.7. The van der Waals surface area contributed by atoms with Crippen LogP contribution in [0.2, 0.25) is 0 Å². The summed E-state index contributed by atoms with van der Waals surface area (Å²) in [6, 6.07) is 9.13. The van der Waals surface area contributed by atoms with Crippen molar-refractivity contribution in [1.82, 2.24) is 5.32 Å². The zero-order valence-corrected chi connectivity index (χ0v) is 19.2. The Labute approximate surface area is 194 Å². The van der Waals surface area contributed by atoms with Crippen LogP contribution in [-0.4, -0.2) is 61.5 Å². The highest BCUT2D eigenvalue weighted by Crippen LogP contribution is 2.33. The summed E-state index contributed by atoms with van der Waals surface area (Å²) in [6.07, 6.45) is 5.78. The fraction of sp³-hybridized carbons (Fsp3) is 0.600. The summed E-state index contributed by atoms with van der Waals surface area (Å²) in [5.74, 6) is -0.720. The van der Waals surface area contributed by atoms with Crippen LogP contribution in [-0.2, 0) is 33.3 Å². The van der Waals surface area contributed by atoms with Gasteiger partial charge in [-0.1, -0.05) is 55.7 Å². The number of ether oxygens (including phenoxy) is 5. The average molecular weight is 460 g/mol. The van der Waals surface area contributed by atoms with Gasteiger partial charge in [-0.05, 0) is 24.5 Å². The number of hydrogen-bond acceptors (Lipinski definition) is 7. The second kappa shape index (κ2) is 11.2. The number of benzene rings is 1. The van der Waals surface area contributed by atoms with Crippen molar-refractivity contribution in [3.63, 3.8) is 0 Å². The molecule has 1 amide bonds. The average Bonchev–Trinajstić information content (AvgIpc) is 2.81. The highest BCUT2D eigenvalue weighted by Gasteiger charge is 2.52. The minimum atomic E-state index is -0.768. The fourth-order valence-corrected chi connectivity index (χ4v) is 4.67. The number of carbonyl (C=O) groups is 2. The Bertz CT molecular complexity index is 823. The highest BCUT2D eigenvalue weighted by atomic mass is 16.8. The standard InChI is InChI=1S/C25H33NO7/c1-16(27)26-22-24(30-17(2)28)23-20(32-25(22)31-19-11-7-4-8-12-19)15-29-21(33-23)14-13-18-9-5-3-6-10-18/h3,5-6,9-10,13-14,19-25H,4,7-8,11-12,15H2,1-2H3,(H,26,27)/b14-13+/t20-,21-,22-,23-,24-,25-/m1/s1. The Morgan fingerprint density at radius 2 is 1.82 bits per heavy atom. The number of nitrogens with one attached hydrogen (secondary N) is 1. The number of amides is 1. The summed E-state index contributed by atoms with van der Waals surface area (Å²) in [4.78, 5) is 24.0. The van der Waals surface area contributed by atoms with E-state index in [1.54, 1.807) is 0 Å². The van der Waals surface area contributed by atoms with Gasteiger partial charge in [-0.2, -0.15) is 0 Å². The van der Waals surface area contributed by atoms with Crippen molar-refractivity contribution in [1.29, 1.82) is 0 Å². The van der Waals surface area contributed by atoms with Crippen molar-refractivity contribution in [3.8, 4) is 0 Å². The normalized spacial score (nSPS) is 32.8. The third-order valence-corrected chi connectivity index (χ3v) is 6.16. The van der Waals surface area contributed by atoms with Gasteiger partial charge < -0.3 is 29.0 Å². The maximum atomic E-state index is 12.0. The molecule has 33 heavy (non-hydrogen) atoms. The molecule has 2 saturated heterocycles. The Morgan fingerprint density at radius 3 is 2.52 bits per heavy atom. The predicted molar refractivity (Wildman–Crippen MR) is 120 cm³/mol. The van der Waals surface area contributed by atoms with Gasteiger partial charge in [0, 0.05) is 13.8 Å². The van der Waals surface area contributed by atoms with Gasteiger partial charge in [-0.15, -0.1) is 0 Å². The van der Waals surface area contributed by atoms with E-state index in [1.807, 2.05) is 42.5 Å². The molecule has 0 radical (unpaired) electrons. The largest absolute Gasteiger partial charge is 0.457 e. The van der Waals surface area contributed by atoms with Crippen LogP contribution in [0.5, 0.6) is 0 Å². The van der Waals surface area contributed by atoms with Crippen LogP contribution < -0.4 is 5.32 Å². The molecule has 2 heterocycles. The van der Waals surface area contributed by atoms with E-state index in [2.05, 4.69) is 5.32 Å². The van der Waals surface area contributed by atoms with Gasteiger partial charge in [0.2, 0.25) is 5.91 Å². The number of hydrogen-bond donors (Lipinski definition) is 1. The second-order valence-electron chi connectivity index (χ2n) is 8.81. The van der Waals surface area contributed by atoms with Crippen molar-refractivity contribution in [2.75, 3.05) is 6.61 Å². The maximum absolute atomic E-state index is 12.0. The van der Waals surface area contributed by atoms with Crippen LogP contribution in [0.3, 0.4) is 0 Å². The van der Waals surface area contributed by atoms with E-state index in [4.69, 9.17) is 23.7 Å². The lowest BCUT2D eigenvalue weighted by Crippen LogP contribution is -2.68. The summed E-state index contributed by atoms with van der Waals surface area (Å²) in [6.45, 7) is 3.02. The van der Waals surface area contributed by atoms with Crippen LogP contribution in [0.1, 0.15) is 51.5 Å². The molecule has 1 aliphatic carbocycles. The molecule has 0 unspecified atom stereocenters. The lowest BCUT2D eigenvalue weighted by atomic mass is 9.94. The zero-order chi connectivity index (χ0) is 23.2. The molecule has 1 N–H and O–H groups in total. The third kappa shape index (κ3) is 6.41. The monoisotopic (exact) mass is 459 g/mol. The fourth-order valence-electron chi connectivity index (χ4n) is 4.67. The molecule has 1 aromatic carbocycles. The minimum Gasteiger partial charge on any atom is -0.457 e. The summed E-state index contributed by atoms with van der Waals surface area (Å²) >= 11 is 0. The molecule has 1 saturated carbocycles. The Morgan fingerprint density at radius 1 is 1.06 bits per heavy atom. The van der Waals surface area contributed by atoms with E-state index in [0.717, 1.165) is 31.2 Å². The third-order valence-electron chi connectivity index (χ3n) is 6.16. The van der Waals surface area contributed by atoms with Crippen molar-refractivity contribution in [3.05, 3.63) is 42.0 Å². The predicted octanol–water partition coefficient (Wildman–Crippen LogP) is 2.95. The zero-order valence-electron chi connectivity index (χ0n) is 19.2. The topological polar surface area (TPSA) is 92.3 Å². The van der Waals surface area contributed by atoms with Gasteiger partial charge in [0.05, 0.1) is 12.7 Å². The summed E-state index contributed by atoms with van der Waals surface area (Å²) in [5, 5.41) is 2.88. The molecule has 2 aliphatic heterocycles. The van der Waals surface area contributed by atoms with Gasteiger partial charge in [0.25, 0.3) is 0 Å².